The molecule has 1 aliphatic heterocycles. The Morgan fingerprint density at radius 1 is 1.29 bits per heavy atom. The zero-order valence-corrected chi connectivity index (χ0v) is 12.3. The van der Waals surface area contributed by atoms with Crippen molar-refractivity contribution in [1.29, 1.82) is 0 Å². The van der Waals surface area contributed by atoms with Crippen LogP contribution in [0.2, 0.25) is 0 Å². The number of benzene rings is 1. The molecular weight excluding hydrogens is 268 g/mol. The number of ketones is 1. The lowest BCUT2D eigenvalue weighted by molar-refractivity contribution is -0.143. The van der Waals surface area contributed by atoms with E-state index in [1.54, 1.807) is 6.07 Å². The van der Waals surface area contributed by atoms with Gasteiger partial charge in [0.25, 0.3) is 0 Å². The normalized spacial score (nSPS) is 24.0. The van der Waals surface area contributed by atoms with Gasteiger partial charge in [-0.25, -0.2) is 0 Å². The summed E-state index contributed by atoms with van der Waals surface area (Å²) in [6, 6.07) is 5.55. The van der Waals surface area contributed by atoms with Gasteiger partial charge in [-0.2, -0.15) is 0 Å². The van der Waals surface area contributed by atoms with E-state index in [-0.39, 0.29) is 23.6 Å². The number of fused-ring (bicyclic) bond motifs is 3. The molecule has 1 aromatic rings. The van der Waals surface area contributed by atoms with Crippen LogP contribution in [0.5, 0.6) is 11.5 Å². The first-order valence-electron chi connectivity index (χ1n) is 7.69. The topological polar surface area (TPSA) is 52.6 Å². The second kappa shape index (κ2) is 5.88. The summed E-state index contributed by atoms with van der Waals surface area (Å²) in [4.78, 5) is 23.8. The van der Waals surface area contributed by atoms with Crippen molar-refractivity contribution in [3.8, 4) is 11.5 Å². The summed E-state index contributed by atoms with van der Waals surface area (Å²) in [5, 5.41) is 0. The highest BCUT2D eigenvalue weighted by atomic mass is 16.5. The van der Waals surface area contributed by atoms with E-state index in [2.05, 4.69) is 6.92 Å². The number of ether oxygens (including phenoxy) is 2. The van der Waals surface area contributed by atoms with Crippen molar-refractivity contribution in [2.75, 3.05) is 6.61 Å². The molecule has 0 N–H and O–H groups in total. The van der Waals surface area contributed by atoms with Gasteiger partial charge in [0.05, 0.1) is 12.5 Å². The van der Waals surface area contributed by atoms with Gasteiger partial charge in [-0.15, -0.1) is 0 Å². The van der Waals surface area contributed by atoms with E-state index in [9.17, 15) is 9.59 Å². The zero-order chi connectivity index (χ0) is 14.8. The first kappa shape index (κ1) is 14.1. The largest absolute Gasteiger partial charge is 0.494 e. The van der Waals surface area contributed by atoms with Crippen LogP contribution in [0, 0.1) is 5.92 Å². The number of hydrogen-bond donors (Lipinski definition) is 0. The lowest BCUT2D eigenvalue weighted by Gasteiger charge is -2.34. The molecule has 4 heteroatoms. The number of esters is 1. The van der Waals surface area contributed by atoms with Crippen molar-refractivity contribution in [3.63, 3.8) is 0 Å². The molecule has 0 bridgehead atoms. The molecule has 2 aliphatic rings. The summed E-state index contributed by atoms with van der Waals surface area (Å²) in [6.07, 6.45) is 3.62. The van der Waals surface area contributed by atoms with Gasteiger partial charge in [-0.3, -0.25) is 9.59 Å². The molecule has 1 unspecified atom stereocenters. The van der Waals surface area contributed by atoms with Crippen molar-refractivity contribution in [2.45, 2.75) is 44.9 Å². The van der Waals surface area contributed by atoms with Crippen molar-refractivity contribution >= 4 is 11.8 Å². The first-order valence-corrected chi connectivity index (χ1v) is 7.69. The number of carbonyl (C=O) groups is 2. The van der Waals surface area contributed by atoms with E-state index in [0.29, 0.717) is 31.6 Å². The highest BCUT2D eigenvalue weighted by Gasteiger charge is 2.41. The Balaban J connectivity index is 1.86. The third kappa shape index (κ3) is 2.80. The van der Waals surface area contributed by atoms with Crippen molar-refractivity contribution in [1.82, 2.24) is 0 Å². The van der Waals surface area contributed by atoms with E-state index in [0.717, 1.165) is 24.2 Å². The third-order valence-electron chi connectivity index (χ3n) is 4.33. The Labute approximate surface area is 124 Å². The highest BCUT2D eigenvalue weighted by Crippen LogP contribution is 2.45. The SMILES string of the molecule is CCCCOc1ccc2c(c1)[C@H]1CC(=O)CCC1C(=O)O2. The second-order valence-electron chi connectivity index (χ2n) is 5.82. The number of Topliss-reactive ketones (excluding diaryl/α,β-unsaturated/α-hetero) is 1. The monoisotopic (exact) mass is 288 g/mol. The minimum absolute atomic E-state index is 0.0442. The standard InChI is InChI=1S/C17H20O4/c1-2-3-8-20-12-5-7-16-15(10-12)14-9-11(18)4-6-13(14)17(19)21-16/h5,7,10,13-14H,2-4,6,8-9H2,1H3/t13?,14-/m0/s1. The maximum absolute atomic E-state index is 12.0. The predicted octanol–water partition coefficient (Wildman–Crippen LogP) is 3.24. The van der Waals surface area contributed by atoms with Gasteiger partial charge >= 0.3 is 5.97 Å². The predicted molar refractivity (Wildman–Crippen MR) is 77.6 cm³/mol. The molecule has 2 atom stereocenters. The molecule has 0 radical (unpaired) electrons. The van der Waals surface area contributed by atoms with Crippen LogP contribution in [0.3, 0.4) is 0 Å². The second-order valence-corrected chi connectivity index (χ2v) is 5.82. The van der Waals surface area contributed by atoms with E-state index < -0.39 is 0 Å². The average Bonchev–Trinajstić information content (AvgIpc) is 2.48. The van der Waals surface area contributed by atoms with Crippen LogP contribution in [0.25, 0.3) is 0 Å². The van der Waals surface area contributed by atoms with Crippen LogP contribution in [0.15, 0.2) is 18.2 Å². The van der Waals surface area contributed by atoms with E-state index in [1.165, 1.54) is 0 Å². The summed E-state index contributed by atoms with van der Waals surface area (Å²) >= 11 is 0. The Morgan fingerprint density at radius 2 is 2.14 bits per heavy atom. The summed E-state index contributed by atoms with van der Waals surface area (Å²) < 4.78 is 11.1. The van der Waals surface area contributed by atoms with Gasteiger partial charge < -0.3 is 9.47 Å². The smallest absolute Gasteiger partial charge is 0.314 e. The molecule has 0 saturated heterocycles. The highest BCUT2D eigenvalue weighted by molar-refractivity contribution is 5.87. The molecule has 4 nitrogen and oxygen atoms in total. The van der Waals surface area contributed by atoms with Gasteiger partial charge in [-0.1, -0.05) is 13.3 Å². The average molecular weight is 288 g/mol. The minimum Gasteiger partial charge on any atom is -0.494 e. The number of unbranched alkanes of at least 4 members (excludes halogenated alkanes) is 1. The van der Waals surface area contributed by atoms with Crippen LogP contribution in [0.4, 0.5) is 0 Å². The van der Waals surface area contributed by atoms with Crippen LogP contribution >= 0.6 is 0 Å². The molecule has 1 aromatic carbocycles. The van der Waals surface area contributed by atoms with Crippen LogP contribution in [-0.4, -0.2) is 18.4 Å². The summed E-state index contributed by atoms with van der Waals surface area (Å²) in [5.41, 5.74) is 0.946. The van der Waals surface area contributed by atoms with Crippen LogP contribution in [-0.2, 0) is 9.59 Å². The fourth-order valence-electron chi connectivity index (χ4n) is 3.13. The van der Waals surface area contributed by atoms with Crippen molar-refractivity contribution in [2.24, 2.45) is 5.92 Å². The molecule has 1 saturated carbocycles. The van der Waals surface area contributed by atoms with Crippen molar-refractivity contribution < 1.29 is 19.1 Å². The van der Waals surface area contributed by atoms with Gasteiger partial charge in [0.2, 0.25) is 0 Å². The fraction of sp³-hybridized carbons (Fsp3) is 0.529. The van der Waals surface area contributed by atoms with Crippen LogP contribution < -0.4 is 9.47 Å². The summed E-state index contributed by atoms with van der Waals surface area (Å²) in [6.45, 7) is 2.80. The Bertz CT molecular complexity index is 564. The fourth-order valence-corrected chi connectivity index (χ4v) is 3.13. The molecule has 0 spiro atoms. The Hall–Kier alpha value is -1.84. The number of rotatable bonds is 4. The first-order chi connectivity index (χ1) is 10.2. The minimum atomic E-state index is -0.195. The van der Waals surface area contributed by atoms with Crippen molar-refractivity contribution in [3.05, 3.63) is 23.8 Å². The lowest BCUT2D eigenvalue weighted by Crippen LogP contribution is -2.36. The molecule has 1 aliphatic carbocycles. The molecule has 21 heavy (non-hydrogen) atoms. The lowest BCUT2D eigenvalue weighted by atomic mass is 9.73. The molecule has 1 heterocycles. The quantitative estimate of drug-likeness (QED) is 0.485. The van der Waals surface area contributed by atoms with Gasteiger partial charge in [0.1, 0.15) is 17.3 Å². The van der Waals surface area contributed by atoms with E-state index >= 15 is 0 Å². The molecule has 1 fully saturated rings. The molecular formula is C17H20O4. The van der Waals surface area contributed by atoms with Gasteiger partial charge in [-0.05, 0) is 31.0 Å². The van der Waals surface area contributed by atoms with E-state index in [4.69, 9.17) is 9.47 Å². The number of carbonyl (C=O) groups excluding carboxylic acids is 2. The molecule has 0 amide bonds. The van der Waals surface area contributed by atoms with E-state index in [1.807, 2.05) is 12.1 Å². The number of hydrogen-bond acceptors (Lipinski definition) is 4. The third-order valence-corrected chi connectivity index (χ3v) is 4.33. The zero-order valence-electron chi connectivity index (χ0n) is 12.3. The maximum Gasteiger partial charge on any atom is 0.314 e. The summed E-state index contributed by atoms with van der Waals surface area (Å²) in [5.74, 6) is 1.18. The Morgan fingerprint density at radius 3 is 2.95 bits per heavy atom. The van der Waals surface area contributed by atoms with Gasteiger partial charge in [0, 0.05) is 24.3 Å². The molecule has 0 aromatic heterocycles. The van der Waals surface area contributed by atoms with Crippen LogP contribution in [0.1, 0.15) is 50.5 Å². The Kier molecular flexibility index (Phi) is 3.95. The maximum atomic E-state index is 12.0. The summed E-state index contributed by atoms with van der Waals surface area (Å²) in [7, 11) is 0. The van der Waals surface area contributed by atoms with Gasteiger partial charge in [0.15, 0.2) is 0 Å². The molecule has 3 rings (SSSR count). The molecule has 112 valence electrons.